The fourth-order valence-corrected chi connectivity index (χ4v) is 4.37. The molecule has 1 heterocycles. The molecule has 1 atom stereocenters. The van der Waals surface area contributed by atoms with Crippen molar-refractivity contribution in [2.75, 3.05) is 26.7 Å². The van der Waals surface area contributed by atoms with Crippen molar-refractivity contribution in [3.8, 4) is 5.75 Å². The van der Waals surface area contributed by atoms with E-state index in [0.717, 1.165) is 44.9 Å². The van der Waals surface area contributed by atoms with Crippen LogP contribution in [0.1, 0.15) is 23.1 Å². The molecule has 4 rings (SSSR count). The molecule has 0 saturated carbocycles. The number of hydrogen-bond donors (Lipinski definition) is 0. The van der Waals surface area contributed by atoms with Crippen LogP contribution in [0, 0.1) is 0 Å². The first-order valence-electron chi connectivity index (χ1n) is 11.0. The highest BCUT2D eigenvalue weighted by Crippen LogP contribution is 2.21. The lowest BCUT2D eigenvalue weighted by Gasteiger charge is -2.42. The summed E-state index contributed by atoms with van der Waals surface area (Å²) >= 11 is 0. The molecule has 1 saturated heterocycles. The van der Waals surface area contributed by atoms with E-state index in [1.165, 1.54) is 23.1 Å². The largest absolute Gasteiger partial charge is 0.497 e. The number of ether oxygens (including phenoxy) is 1. The Kier molecular flexibility index (Phi) is 7.17. The SMILES string of the molecule is COc1ccc(CC[C@H]2CN(Cc3ccccc3)CCN2Cc2ccccc2)cc1. The molecule has 3 nitrogen and oxygen atoms in total. The third-order valence-electron chi connectivity index (χ3n) is 6.09. The molecular weight excluding hydrogens is 368 g/mol. The van der Waals surface area contributed by atoms with E-state index < -0.39 is 0 Å². The zero-order valence-corrected chi connectivity index (χ0v) is 17.9. The van der Waals surface area contributed by atoms with Gasteiger partial charge in [-0.15, -0.1) is 0 Å². The van der Waals surface area contributed by atoms with Gasteiger partial charge in [0, 0.05) is 38.8 Å². The highest BCUT2D eigenvalue weighted by molar-refractivity contribution is 5.27. The second kappa shape index (κ2) is 10.4. The maximum absolute atomic E-state index is 5.30. The lowest BCUT2D eigenvalue weighted by atomic mass is 10.0. The van der Waals surface area contributed by atoms with Gasteiger partial charge in [-0.2, -0.15) is 0 Å². The van der Waals surface area contributed by atoms with Gasteiger partial charge < -0.3 is 4.74 Å². The summed E-state index contributed by atoms with van der Waals surface area (Å²) in [6, 6.07) is 30.8. The molecule has 0 spiro atoms. The molecule has 30 heavy (non-hydrogen) atoms. The summed E-state index contributed by atoms with van der Waals surface area (Å²) in [7, 11) is 1.72. The molecule has 3 aromatic rings. The zero-order valence-electron chi connectivity index (χ0n) is 17.9. The first-order chi connectivity index (χ1) is 14.8. The summed E-state index contributed by atoms with van der Waals surface area (Å²) in [5.41, 5.74) is 4.20. The minimum absolute atomic E-state index is 0.560. The Balaban J connectivity index is 1.42. The number of aryl methyl sites for hydroxylation is 1. The van der Waals surface area contributed by atoms with Crippen LogP contribution in [0.15, 0.2) is 84.9 Å². The minimum Gasteiger partial charge on any atom is -0.497 e. The van der Waals surface area contributed by atoms with Crippen LogP contribution in [-0.4, -0.2) is 42.6 Å². The molecule has 156 valence electrons. The third kappa shape index (κ3) is 5.71. The summed E-state index contributed by atoms with van der Waals surface area (Å²) in [6.07, 6.45) is 2.27. The number of piperazine rings is 1. The van der Waals surface area contributed by atoms with E-state index in [-0.39, 0.29) is 0 Å². The second-order valence-corrected chi connectivity index (χ2v) is 8.22. The van der Waals surface area contributed by atoms with Crippen LogP contribution in [0.5, 0.6) is 5.75 Å². The Labute approximate surface area is 180 Å². The van der Waals surface area contributed by atoms with Crippen molar-refractivity contribution in [2.24, 2.45) is 0 Å². The fourth-order valence-electron chi connectivity index (χ4n) is 4.37. The summed E-state index contributed by atoms with van der Waals surface area (Å²) in [5, 5.41) is 0. The molecule has 3 heteroatoms. The maximum atomic E-state index is 5.30. The Morgan fingerprint density at radius 2 is 1.37 bits per heavy atom. The molecule has 1 aliphatic rings. The summed E-state index contributed by atoms with van der Waals surface area (Å²) in [6.45, 7) is 5.44. The van der Waals surface area contributed by atoms with Crippen LogP contribution in [0.25, 0.3) is 0 Å². The fraction of sp³-hybridized carbons (Fsp3) is 0.333. The Morgan fingerprint density at radius 3 is 2.00 bits per heavy atom. The quantitative estimate of drug-likeness (QED) is 0.528. The van der Waals surface area contributed by atoms with Gasteiger partial charge in [0.1, 0.15) is 5.75 Å². The number of nitrogens with zero attached hydrogens (tertiary/aromatic N) is 2. The van der Waals surface area contributed by atoms with Gasteiger partial charge in [-0.1, -0.05) is 72.8 Å². The van der Waals surface area contributed by atoms with Crippen LogP contribution >= 0.6 is 0 Å². The van der Waals surface area contributed by atoms with Gasteiger partial charge in [0.2, 0.25) is 0 Å². The molecule has 1 aliphatic heterocycles. The lowest BCUT2D eigenvalue weighted by molar-refractivity contribution is 0.0597. The summed E-state index contributed by atoms with van der Waals surface area (Å²) in [4.78, 5) is 5.30. The molecule has 0 unspecified atom stereocenters. The van der Waals surface area contributed by atoms with E-state index in [0.29, 0.717) is 6.04 Å². The molecular formula is C27H32N2O. The van der Waals surface area contributed by atoms with Crippen molar-refractivity contribution in [2.45, 2.75) is 32.0 Å². The summed E-state index contributed by atoms with van der Waals surface area (Å²) < 4.78 is 5.30. The molecule has 0 bridgehead atoms. The van der Waals surface area contributed by atoms with E-state index in [1.807, 2.05) is 0 Å². The van der Waals surface area contributed by atoms with Crippen LogP contribution < -0.4 is 4.74 Å². The smallest absolute Gasteiger partial charge is 0.118 e. The second-order valence-electron chi connectivity index (χ2n) is 8.22. The minimum atomic E-state index is 0.560. The van der Waals surface area contributed by atoms with Crippen molar-refractivity contribution < 1.29 is 4.74 Å². The van der Waals surface area contributed by atoms with Crippen molar-refractivity contribution in [1.82, 2.24) is 9.80 Å². The average Bonchev–Trinajstić information content (AvgIpc) is 2.81. The lowest BCUT2D eigenvalue weighted by Crippen LogP contribution is -2.52. The average molecular weight is 401 g/mol. The summed E-state index contributed by atoms with van der Waals surface area (Å²) in [5.74, 6) is 0.927. The Hall–Kier alpha value is -2.62. The molecule has 1 fully saturated rings. The molecule has 0 aromatic heterocycles. The van der Waals surface area contributed by atoms with Gasteiger partial charge in [0.15, 0.2) is 0 Å². The van der Waals surface area contributed by atoms with Gasteiger partial charge in [-0.3, -0.25) is 9.80 Å². The van der Waals surface area contributed by atoms with Gasteiger partial charge in [-0.05, 0) is 41.7 Å². The van der Waals surface area contributed by atoms with E-state index >= 15 is 0 Å². The predicted octanol–water partition coefficient (Wildman–Crippen LogP) is 5.01. The monoisotopic (exact) mass is 400 g/mol. The topological polar surface area (TPSA) is 15.7 Å². The van der Waals surface area contributed by atoms with Crippen molar-refractivity contribution in [3.05, 3.63) is 102 Å². The maximum Gasteiger partial charge on any atom is 0.118 e. The molecule has 0 radical (unpaired) electrons. The van der Waals surface area contributed by atoms with E-state index in [2.05, 4.69) is 94.7 Å². The van der Waals surface area contributed by atoms with E-state index in [1.54, 1.807) is 7.11 Å². The number of rotatable bonds is 8. The van der Waals surface area contributed by atoms with Gasteiger partial charge in [0.25, 0.3) is 0 Å². The van der Waals surface area contributed by atoms with Gasteiger partial charge in [-0.25, -0.2) is 0 Å². The highest BCUT2D eigenvalue weighted by Gasteiger charge is 2.26. The molecule has 0 aliphatic carbocycles. The van der Waals surface area contributed by atoms with Crippen LogP contribution in [0.4, 0.5) is 0 Å². The number of methoxy groups -OCH3 is 1. The van der Waals surface area contributed by atoms with Crippen LogP contribution in [-0.2, 0) is 19.5 Å². The molecule has 3 aromatic carbocycles. The highest BCUT2D eigenvalue weighted by atomic mass is 16.5. The van der Waals surface area contributed by atoms with E-state index in [4.69, 9.17) is 4.74 Å². The van der Waals surface area contributed by atoms with Gasteiger partial charge in [0.05, 0.1) is 7.11 Å². The first-order valence-corrected chi connectivity index (χ1v) is 11.0. The van der Waals surface area contributed by atoms with Crippen molar-refractivity contribution >= 4 is 0 Å². The standard InChI is InChI=1S/C27H32N2O/c1-30-27-16-13-23(14-17-27)12-15-26-22-28(20-24-8-4-2-5-9-24)18-19-29(26)21-25-10-6-3-7-11-25/h2-11,13-14,16-17,26H,12,15,18-22H2,1H3/t26-/m0/s1. The van der Waals surface area contributed by atoms with Crippen LogP contribution in [0.3, 0.4) is 0 Å². The number of hydrogen-bond acceptors (Lipinski definition) is 3. The van der Waals surface area contributed by atoms with Crippen LogP contribution in [0.2, 0.25) is 0 Å². The molecule has 0 N–H and O–H groups in total. The normalized spacial score (nSPS) is 17.7. The Morgan fingerprint density at radius 1 is 0.733 bits per heavy atom. The zero-order chi connectivity index (χ0) is 20.6. The predicted molar refractivity (Wildman–Crippen MR) is 124 cm³/mol. The van der Waals surface area contributed by atoms with Crippen molar-refractivity contribution in [3.63, 3.8) is 0 Å². The first kappa shape index (κ1) is 20.6. The van der Waals surface area contributed by atoms with Crippen molar-refractivity contribution in [1.29, 1.82) is 0 Å². The number of benzene rings is 3. The van der Waals surface area contributed by atoms with E-state index in [9.17, 15) is 0 Å². The third-order valence-corrected chi connectivity index (χ3v) is 6.09. The molecule has 0 amide bonds. The van der Waals surface area contributed by atoms with Gasteiger partial charge >= 0.3 is 0 Å². The Bertz CT molecular complexity index is 880.